The number of benzene rings is 1. The van der Waals surface area contributed by atoms with E-state index in [9.17, 15) is 18.0 Å². The van der Waals surface area contributed by atoms with Crippen LogP contribution in [0.1, 0.15) is 12.0 Å². The van der Waals surface area contributed by atoms with Gasteiger partial charge in [0.15, 0.2) is 11.5 Å². The highest BCUT2D eigenvalue weighted by molar-refractivity contribution is 5.82. The molecule has 6 nitrogen and oxygen atoms in total. The standard InChI is InChI=1S/C18H21F3N2O4/c19-13-10-14(17(24)22-5-7-25-8-6-22)23(11-13)4-3-12-1-2-15-16(9-12)27-18(20,21)26-15/h1-2,9,13-14H,3-8,10-11H2/t13-,14+/m1/s1. The molecule has 27 heavy (non-hydrogen) atoms. The van der Waals surface area contributed by atoms with Crippen molar-refractivity contribution >= 4 is 5.91 Å². The number of amides is 1. The number of likely N-dealkylation sites (tertiary alicyclic amines) is 1. The van der Waals surface area contributed by atoms with Gasteiger partial charge < -0.3 is 19.1 Å². The number of hydrogen-bond acceptors (Lipinski definition) is 5. The molecule has 1 aromatic rings. The van der Waals surface area contributed by atoms with Crippen LogP contribution in [0.3, 0.4) is 0 Å². The molecule has 0 saturated carbocycles. The summed E-state index contributed by atoms with van der Waals surface area (Å²) in [5.74, 6) is -0.0823. The Hall–Kier alpha value is -2.00. The molecule has 0 radical (unpaired) electrons. The van der Waals surface area contributed by atoms with E-state index in [-0.39, 0.29) is 30.4 Å². The second kappa shape index (κ2) is 7.20. The van der Waals surface area contributed by atoms with E-state index in [2.05, 4.69) is 9.47 Å². The molecule has 9 heteroatoms. The summed E-state index contributed by atoms with van der Waals surface area (Å²) in [5, 5.41) is 0. The molecule has 0 bridgehead atoms. The van der Waals surface area contributed by atoms with Crippen LogP contribution in [-0.2, 0) is 16.0 Å². The van der Waals surface area contributed by atoms with E-state index in [4.69, 9.17) is 4.74 Å². The van der Waals surface area contributed by atoms with Crippen LogP contribution in [0, 0.1) is 0 Å². The molecule has 0 N–H and O–H groups in total. The number of ether oxygens (including phenoxy) is 3. The number of nitrogens with zero attached hydrogens (tertiary/aromatic N) is 2. The van der Waals surface area contributed by atoms with Crippen molar-refractivity contribution in [3.63, 3.8) is 0 Å². The van der Waals surface area contributed by atoms with E-state index in [1.165, 1.54) is 12.1 Å². The van der Waals surface area contributed by atoms with Gasteiger partial charge in [0.1, 0.15) is 6.17 Å². The molecular formula is C18H21F3N2O4. The van der Waals surface area contributed by atoms with E-state index < -0.39 is 18.5 Å². The molecule has 1 aromatic carbocycles. The maximum atomic E-state index is 14.0. The molecular weight excluding hydrogens is 365 g/mol. The number of fused-ring (bicyclic) bond motifs is 1. The molecule has 0 aromatic heterocycles. The van der Waals surface area contributed by atoms with Crippen molar-refractivity contribution in [3.05, 3.63) is 23.8 Å². The first-order chi connectivity index (χ1) is 12.9. The molecule has 4 rings (SSSR count). The molecule has 148 valence electrons. The van der Waals surface area contributed by atoms with Crippen molar-refractivity contribution in [2.45, 2.75) is 31.3 Å². The number of halogens is 3. The fourth-order valence-corrected chi connectivity index (χ4v) is 3.77. The van der Waals surface area contributed by atoms with Gasteiger partial charge in [0.25, 0.3) is 0 Å². The van der Waals surface area contributed by atoms with Crippen LogP contribution < -0.4 is 9.47 Å². The minimum absolute atomic E-state index is 0.00545. The average molecular weight is 386 g/mol. The zero-order chi connectivity index (χ0) is 19.0. The normalized spacial score (nSPS) is 27.1. The fourth-order valence-electron chi connectivity index (χ4n) is 3.77. The Kier molecular flexibility index (Phi) is 4.90. The largest absolute Gasteiger partial charge is 0.586 e. The maximum Gasteiger partial charge on any atom is 0.586 e. The lowest BCUT2D eigenvalue weighted by Gasteiger charge is -2.32. The molecule has 2 fully saturated rings. The Bertz CT molecular complexity index is 712. The van der Waals surface area contributed by atoms with Gasteiger partial charge in [0, 0.05) is 32.6 Å². The minimum Gasteiger partial charge on any atom is -0.395 e. The van der Waals surface area contributed by atoms with Crippen LogP contribution in [0.2, 0.25) is 0 Å². The summed E-state index contributed by atoms with van der Waals surface area (Å²) in [7, 11) is 0. The van der Waals surface area contributed by atoms with Gasteiger partial charge >= 0.3 is 6.29 Å². The van der Waals surface area contributed by atoms with Crippen molar-refractivity contribution in [2.24, 2.45) is 0 Å². The lowest BCUT2D eigenvalue weighted by Crippen LogP contribution is -2.50. The smallest absolute Gasteiger partial charge is 0.395 e. The number of carbonyl (C=O) groups excluding carboxylic acids is 1. The Labute approximate surface area is 154 Å². The predicted molar refractivity (Wildman–Crippen MR) is 88.6 cm³/mol. The fraction of sp³-hybridized carbons (Fsp3) is 0.611. The Balaban J connectivity index is 1.39. The highest BCUT2D eigenvalue weighted by atomic mass is 19.3. The van der Waals surface area contributed by atoms with E-state index >= 15 is 0 Å². The Morgan fingerprint density at radius 3 is 2.70 bits per heavy atom. The van der Waals surface area contributed by atoms with Crippen LogP contribution in [-0.4, -0.2) is 73.6 Å². The van der Waals surface area contributed by atoms with Crippen LogP contribution >= 0.6 is 0 Å². The van der Waals surface area contributed by atoms with Crippen molar-refractivity contribution < 1.29 is 32.2 Å². The van der Waals surface area contributed by atoms with E-state index in [1.807, 2.05) is 4.90 Å². The molecule has 0 unspecified atom stereocenters. The van der Waals surface area contributed by atoms with E-state index in [0.717, 1.165) is 5.56 Å². The number of alkyl halides is 3. The van der Waals surface area contributed by atoms with Crippen LogP contribution in [0.4, 0.5) is 13.2 Å². The van der Waals surface area contributed by atoms with Gasteiger partial charge in [-0.05, 0) is 24.1 Å². The number of morpholine rings is 1. The van der Waals surface area contributed by atoms with Gasteiger partial charge in [-0.15, -0.1) is 8.78 Å². The van der Waals surface area contributed by atoms with Gasteiger partial charge in [0.2, 0.25) is 5.91 Å². The molecule has 3 heterocycles. The van der Waals surface area contributed by atoms with Crippen molar-refractivity contribution in [3.8, 4) is 11.5 Å². The average Bonchev–Trinajstić information content (AvgIpc) is 3.17. The third-order valence-corrected chi connectivity index (χ3v) is 5.11. The van der Waals surface area contributed by atoms with E-state index in [1.54, 1.807) is 11.0 Å². The maximum absolute atomic E-state index is 14.0. The first kappa shape index (κ1) is 18.4. The Morgan fingerprint density at radius 1 is 1.19 bits per heavy atom. The minimum atomic E-state index is -3.65. The van der Waals surface area contributed by atoms with Crippen LogP contribution in [0.15, 0.2) is 18.2 Å². The van der Waals surface area contributed by atoms with Gasteiger partial charge in [-0.3, -0.25) is 9.69 Å². The summed E-state index contributed by atoms with van der Waals surface area (Å²) in [5.41, 5.74) is 0.759. The summed E-state index contributed by atoms with van der Waals surface area (Å²) >= 11 is 0. The molecule has 2 atom stereocenters. The second-order valence-electron chi connectivity index (χ2n) is 6.98. The van der Waals surface area contributed by atoms with Gasteiger partial charge in [-0.2, -0.15) is 0 Å². The van der Waals surface area contributed by atoms with Gasteiger partial charge in [0.05, 0.1) is 19.3 Å². The van der Waals surface area contributed by atoms with Crippen LogP contribution in [0.5, 0.6) is 11.5 Å². The molecule has 0 aliphatic carbocycles. The van der Waals surface area contributed by atoms with E-state index in [0.29, 0.717) is 39.3 Å². The highest BCUT2D eigenvalue weighted by Gasteiger charge is 2.43. The molecule has 1 amide bonds. The summed E-state index contributed by atoms with van der Waals surface area (Å²) < 4.78 is 54.3. The monoisotopic (exact) mass is 386 g/mol. The van der Waals surface area contributed by atoms with Crippen molar-refractivity contribution in [1.82, 2.24) is 9.80 Å². The summed E-state index contributed by atoms with van der Waals surface area (Å²) in [4.78, 5) is 16.3. The van der Waals surface area contributed by atoms with Crippen molar-refractivity contribution in [2.75, 3.05) is 39.4 Å². The third kappa shape index (κ3) is 3.98. The zero-order valence-corrected chi connectivity index (χ0v) is 14.7. The SMILES string of the molecule is O=C([C@@H]1C[C@@H](F)CN1CCc1ccc2c(c1)OC(F)(F)O2)N1CCOCC1. The van der Waals surface area contributed by atoms with Gasteiger partial charge in [-0.25, -0.2) is 4.39 Å². The lowest BCUT2D eigenvalue weighted by molar-refractivity contribution is -0.286. The predicted octanol–water partition coefficient (Wildman–Crippen LogP) is 1.82. The number of carbonyl (C=O) groups is 1. The lowest BCUT2D eigenvalue weighted by atomic mass is 10.1. The highest BCUT2D eigenvalue weighted by Crippen LogP contribution is 2.41. The second-order valence-corrected chi connectivity index (χ2v) is 6.98. The Morgan fingerprint density at radius 2 is 1.93 bits per heavy atom. The first-order valence-electron chi connectivity index (χ1n) is 9.05. The molecule has 0 spiro atoms. The summed E-state index contributed by atoms with van der Waals surface area (Å²) in [6.45, 7) is 2.70. The summed E-state index contributed by atoms with van der Waals surface area (Å²) in [6.07, 6.45) is -4.02. The van der Waals surface area contributed by atoms with Crippen LogP contribution in [0.25, 0.3) is 0 Å². The molecule has 2 saturated heterocycles. The van der Waals surface area contributed by atoms with Crippen molar-refractivity contribution in [1.29, 1.82) is 0 Å². The quantitative estimate of drug-likeness (QED) is 0.790. The third-order valence-electron chi connectivity index (χ3n) is 5.11. The topological polar surface area (TPSA) is 51.2 Å². The zero-order valence-electron chi connectivity index (χ0n) is 14.7. The number of hydrogen-bond donors (Lipinski definition) is 0. The molecule has 3 aliphatic rings. The molecule has 3 aliphatic heterocycles. The van der Waals surface area contributed by atoms with Gasteiger partial charge in [-0.1, -0.05) is 6.07 Å². The number of rotatable bonds is 4. The first-order valence-corrected chi connectivity index (χ1v) is 9.05. The summed E-state index contributed by atoms with van der Waals surface area (Å²) in [6, 6.07) is 4.12.